The van der Waals surface area contributed by atoms with E-state index in [9.17, 15) is 19.1 Å². The molecule has 9 heteroatoms. The molecule has 2 fully saturated rings. The van der Waals surface area contributed by atoms with Gasteiger partial charge in [0.2, 0.25) is 5.43 Å². The molecule has 0 amide bonds. The summed E-state index contributed by atoms with van der Waals surface area (Å²) >= 11 is 0. The highest BCUT2D eigenvalue weighted by molar-refractivity contribution is 5.93. The molecule has 0 spiro atoms. The number of carboxylic acids is 1. The van der Waals surface area contributed by atoms with E-state index in [1.54, 1.807) is 10.6 Å². The van der Waals surface area contributed by atoms with Crippen molar-refractivity contribution in [2.24, 2.45) is 5.16 Å². The first-order valence-electron chi connectivity index (χ1n) is 9.24. The Morgan fingerprint density at radius 2 is 1.96 bits per heavy atom. The second-order valence-electron chi connectivity index (χ2n) is 7.22. The van der Waals surface area contributed by atoms with Crippen LogP contribution in [0.25, 0.3) is 10.9 Å². The van der Waals surface area contributed by atoms with E-state index < -0.39 is 17.2 Å². The van der Waals surface area contributed by atoms with Crippen LogP contribution in [0.2, 0.25) is 0 Å². The fraction of sp³-hybridized carbons (Fsp3) is 0.421. The van der Waals surface area contributed by atoms with Crippen molar-refractivity contribution < 1.29 is 19.5 Å². The van der Waals surface area contributed by atoms with Crippen molar-refractivity contribution in [2.75, 3.05) is 37.6 Å². The fourth-order valence-electron chi connectivity index (χ4n) is 3.73. The van der Waals surface area contributed by atoms with Crippen molar-refractivity contribution in [1.82, 2.24) is 9.47 Å². The molecule has 2 aliphatic rings. The maximum atomic E-state index is 14.9. The number of hydrogen-bond donors (Lipinski definition) is 2. The van der Waals surface area contributed by atoms with Gasteiger partial charge in [-0.05, 0) is 25.0 Å². The fourth-order valence-corrected chi connectivity index (χ4v) is 3.73. The molecule has 1 aliphatic heterocycles. The van der Waals surface area contributed by atoms with Gasteiger partial charge >= 0.3 is 5.97 Å². The standard InChI is InChI=1S/C19H21FN4O4/c20-15-9-13-16(24(12-1-2-12)11-14(18(13)25)19(26)27)10-17(15)23-7-5-22(6-8-23)4-3-21-28/h3,9-12,28H,1-2,4-8H2,(H,26,27)/b21-3+. The lowest BCUT2D eigenvalue weighted by atomic mass is 10.1. The summed E-state index contributed by atoms with van der Waals surface area (Å²) < 4.78 is 16.7. The maximum absolute atomic E-state index is 14.9. The first-order valence-corrected chi connectivity index (χ1v) is 9.24. The number of pyridine rings is 1. The minimum Gasteiger partial charge on any atom is -0.477 e. The quantitative estimate of drug-likeness (QED) is 0.460. The Labute approximate surface area is 160 Å². The molecule has 1 aromatic heterocycles. The summed E-state index contributed by atoms with van der Waals surface area (Å²) in [6.07, 6.45) is 4.63. The van der Waals surface area contributed by atoms with E-state index in [0.717, 1.165) is 12.8 Å². The molecule has 2 aromatic rings. The number of aromatic nitrogens is 1. The maximum Gasteiger partial charge on any atom is 0.341 e. The summed E-state index contributed by atoms with van der Waals surface area (Å²) in [5, 5.41) is 21.0. The lowest BCUT2D eigenvalue weighted by molar-refractivity contribution is 0.0695. The van der Waals surface area contributed by atoms with Gasteiger partial charge in [0.05, 0.1) is 17.4 Å². The smallest absolute Gasteiger partial charge is 0.341 e. The van der Waals surface area contributed by atoms with Crippen LogP contribution in [0.3, 0.4) is 0 Å². The summed E-state index contributed by atoms with van der Waals surface area (Å²) in [5.74, 6) is -1.83. The first-order chi connectivity index (χ1) is 13.5. The van der Waals surface area contributed by atoms with Crippen LogP contribution in [-0.2, 0) is 0 Å². The molecule has 0 bridgehead atoms. The third kappa shape index (κ3) is 3.33. The number of carboxylic acid groups (broad SMARTS) is 1. The number of benzene rings is 1. The lowest BCUT2D eigenvalue weighted by Gasteiger charge is -2.35. The molecular weight excluding hydrogens is 367 g/mol. The van der Waals surface area contributed by atoms with Crippen molar-refractivity contribution in [2.45, 2.75) is 18.9 Å². The number of nitrogens with zero attached hydrogens (tertiary/aromatic N) is 4. The van der Waals surface area contributed by atoms with Crippen LogP contribution < -0.4 is 10.3 Å². The summed E-state index contributed by atoms with van der Waals surface area (Å²) in [4.78, 5) is 28.0. The van der Waals surface area contributed by atoms with E-state index >= 15 is 0 Å². The Balaban J connectivity index is 1.72. The monoisotopic (exact) mass is 388 g/mol. The normalized spacial score (nSPS) is 18.2. The number of piperazine rings is 1. The number of carbonyl (C=O) groups is 1. The molecule has 4 rings (SSSR count). The minimum absolute atomic E-state index is 0.103. The van der Waals surface area contributed by atoms with E-state index in [4.69, 9.17) is 5.21 Å². The van der Waals surface area contributed by atoms with Crippen LogP contribution in [0, 0.1) is 5.82 Å². The lowest BCUT2D eigenvalue weighted by Crippen LogP contribution is -2.47. The number of oxime groups is 1. The summed E-state index contributed by atoms with van der Waals surface area (Å²) in [6, 6.07) is 2.98. The zero-order chi connectivity index (χ0) is 19.8. The van der Waals surface area contributed by atoms with Gasteiger partial charge in [-0.1, -0.05) is 0 Å². The van der Waals surface area contributed by atoms with Crippen molar-refractivity contribution >= 4 is 28.8 Å². The highest BCUT2D eigenvalue weighted by Gasteiger charge is 2.28. The Morgan fingerprint density at radius 3 is 2.57 bits per heavy atom. The molecule has 148 valence electrons. The largest absolute Gasteiger partial charge is 0.477 e. The third-order valence-electron chi connectivity index (χ3n) is 5.41. The molecule has 28 heavy (non-hydrogen) atoms. The molecule has 0 unspecified atom stereocenters. The van der Waals surface area contributed by atoms with Crippen LogP contribution >= 0.6 is 0 Å². The van der Waals surface area contributed by atoms with Gasteiger partial charge in [0.1, 0.15) is 11.4 Å². The Hall–Kier alpha value is -2.94. The number of rotatable bonds is 5. The molecule has 1 aromatic carbocycles. The highest BCUT2D eigenvalue weighted by atomic mass is 19.1. The molecule has 8 nitrogen and oxygen atoms in total. The number of halogens is 1. The Bertz CT molecular complexity index is 1010. The second-order valence-corrected chi connectivity index (χ2v) is 7.22. The molecule has 0 radical (unpaired) electrons. The van der Waals surface area contributed by atoms with Crippen molar-refractivity contribution in [1.29, 1.82) is 0 Å². The zero-order valence-corrected chi connectivity index (χ0v) is 15.2. The first kappa shape index (κ1) is 18.4. The molecular formula is C19H21FN4O4. The van der Waals surface area contributed by atoms with Gasteiger partial charge in [0.15, 0.2) is 0 Å². The number of anilines is 1. The van der Waals surface area contributed by atoms with Crippen molar-refractivity contribution in [3.05, 3.63) is 39.9 Å². The molecule has 2 N–H and O–H groups in total. The summed E-state index contributed by atoms with van der Waals surface area (Å²) in [5.41, 5.74) is 0.00673. The van der Waals surface area contributed by atoms with Gasteiger partial charge < -0.3 is 19.8 Å². The van der Waals surface area contributed by atoms with Gasteiger partial charge in [0.25, 0.3) is 0 Å². The van der Waals surface area contributed by atoms with Gasteiger partial charge in [-0.15, -0.1) is 5.16 Å². The summed E-state index contributed by atoms with van der Waals surface area (Å²) in [6.45, 7) is 3.11. The predicted octanol–water partition coefficient (Wildman–Crippen LogP) is 1.76. The van der Waals surface area contributed by atoms with Crippen LogP contribution in [0.5, 0.6) is 0 Å². The van der Waals surface area contributed by atoms with Crippen molar-refractivity contribution in [3.8, 4) is 0 Å². The minimum atomic E-state index is -1.30. The van der Waals surface area contributed by atoms with E-state index in [0.29, 0.717) is 43.9 Å². The molecule has 2 heterocycles. The summed E-state index contributed by atoms with van der Waals surface area (Å²) in [7, 11) is 0. The van der Waals surface area contributed by atoms with Crippen LogP contribution in [0.1, 0.15) is 29.2 Å². The van der Waals surface area contributed by atoms with Crippen LogP contribution in [0.4, 0.5) is 10.1 Å². The van der Waals surface area contributed by atoms with E-state index in [2.05, 4.69) is 10.1 Å². The highest BCUT2D eigenvalue weighted by Crippen LogP contribution is 2.38. The zero-order valence-electron chi connectivity index (χ0n) is 15.2. The average Bonchev–Trinajstić information content (AvgIpc) is 3.52. The van der Waals surface area contributed by atoms with Gasteiger partial charge in [0, 0.05) is 50.3 Å². The second kappa shape index (κ2) is 7.23. The van der Waals surface area contributed by atoms with Gasteiger partial charge in [-0.3, -0.25) is 9.69 Å². The Kier molecular flexibility index (Phi) is 4.76. The molecule has 0 atom stereocenters. The van der Waals surface area contributed by atoms with Crippen LogP contribution in [0.15, 0.2) is 28.3 Å². The molecule has 1 saturated heterocycles. The van der Waals surface area contributed by atoms with E-state index in [-0.39, 0.29) is 17.0 Å². The average molecular weight is 388 g/mol. The number of fused-ring (bicyclic) bond motifs is 1. The van der Waals surface area contributed by atoms with Gasteiger partial charge in [-0.2, -0.15) is 0 Å². The van der Waals surface area contributed by atoms with Crippen LogP contribution in [-0.4, -0.2) is 64.7 Å². The number of hydrogen-bond acceptors (Lipinski definition) is 6. The van der Waals surface area contributed by atoms with E-state index in [1.165, 1.54) is 18.5 Å². The van der Waals surface area contributed by atoms with Crippen molar-refractivity contribution in [3.63, 3.8) is 0 Å². The topological polar surface area (TPSA) is 98.4 Å². The predicted molar refractivity (Wildman–Crippen MR) is 102 cm³/mol. The Morgan fingerprint density at radius 1 is 1.25 bits per heavy atom. The van der Waals surface area contributed by atoms with Gasteiger partial charge in [-0.25, -0.2) is 9.18 Å². The third-order valence-corrected chi connectivity index (χ3v) is 5.41. The van der Waals surface area contributed by atoms with E-state index in [1.807, 2.05) is 4.90 Å². The number of aromatic carboxylic acids is 1. The molecule has 1 aliphatic carbocycles. The molecule has 1 saturated carbocycles. The SMILES string of the molecule is O=C(O)c1cn(C2CC2)c2cc(N3CCN(C/C=N/O)CC3)c(F)cc2c1=O.